The zero-order chi connectivity index (χ0) is 11.3. The van der Waals surface area contributed by atoms with Gasteiger partial charge in [-0.15, -0.1) is 0 Å². The average Bonchev–Trinajstić information content (AvgIpc) is 2.61. The number of anilines is 1. The third-order valence-electron chi connectivity index (χ3n) is 1.95. The standard InChI is InChI=1S/C10H19N3S2/c1-5-8(4)14-6-9-12-10(15-13-9)11-7(2)3/h7-8H,5-6H2,1-4H3,(H,11,12,13). The maximum absolute atomic E-state index is 4.43. The highest BCUT2D eigenvalue weighted by Crippen LogP contribution is 2.20. The summed E-state index contributed by atoms with van der Waals surface area (Å²) in [6, 6.07) is 0.424. The molecule has 1 unspecified atom stereocenters. The smallest absolute Gasteiger partial charge is 0.202 e. The molecule has 0 bridgehead atoms. The van der Waals surface area contributed by atoms with E-state index in [4.69, 9.17) is 0 Å². The van der Waals surface area contributed by atoms with Crippen LogP contribution < -0.4 is 5.32 Å². The molecular formula is C10H19N3S2. The fraction of sp³-hybridized carbons (Fsp3) is 0.800. The van der Waals surface area contributed by atoms with Crippen molar-refractivity contribution in [3.8, 4) is 0 Å². The van der Waals surface area contributed by atoms with Crippen LogP contribution in [0.15, 0.2) is 0 Å². The van der Waals surface area contributed by atoms with E-state index in [0.29, 0.717) is 11.3 Å². The minimum Gasteiger partial charge on any atom is -0.358 e. The molecule has 0 radical (unpaired) electrons. The summed E-state index contributed by atoms with van der Waals surface area (Å²) in [5.41, 5.74) is 0. The molecule has 0 aliphatic heterocycles. The predicted molar refractivity (Wildman–Crippen MR) is 69.7 cm³/mol. The van der Waals surface area contributed by atoms with Gasteiger partial charge >= 0.3 is 0 Å². The second-order valence-electron chi connectivity index (χ2n) is 3.84. The molecule has 0 saturated carbocycles. The lowest BCUT2D eigenvalue weighted by Crippen LogP contribution is -2.09. The number of aromatic nitrogens is 2. The Morgan fingerprint density at radius 2 is 2.13 bits per heavy atom. The van der Waals surface area contributed by atoms with Crippen molar-refractivity contribution in [2.45, 2.75) is 51.2 Å². The van der Waals surface area contributed by atoms with E-state index in [9.17, 15) is 0 Å². The Kier molecular flexibility index (Phi) is 5.39. The summed E-state index contributed by atoms with van der Waals surface area (Å²) in [7, 11) is 0. The summed E-state index contributed by atoms with van der Waals surface area (Å²) in [5, 5.41) is 4.89. The molecule has 86 valence electrons. The van der Waals surface area contributed by atoms with Crippen LogP contribution in [0.25, 0.3) is 0 Å². The Bertz CT molecular complexity index is 286. The maximum Gasteiger partial charge on any atom is 0.202 e. The summed E-state index contributed by atoms with van der Waals surface area (Å²) in [6.45, 7) is 8.66. The normalized spacial score (nSPS) is 13.1. The first-order valence-electron chi connectivity index (χ1n) is 5.32. The van der Waals surface area contributed by atoms with Gasteiger partial charge in [0.15, 0.2) is 5.82 Å². The molecule has 0 fully saturated rings. The molecule has 1 aromatic rings. The first-order chi connectivity index (χ1) is 7.11. The van der Waals surface area contributed by atoms with Crippen LogP contribution in [0.2, 0.25) is 0 Å². The molecular weight excluding hydrogens is 226 g/mol. The number of thioether (sulfide) groups is 1. The lowest BCUT2D eigenvalue weighted by molar-refractivity contribution is 0.892. The highest BCUT2D eigenvalue weighted by Gasteiger charge is 2.06. The van der Waals surface area contributed by atoms with E-state index in [1.54, 1.807) is 0 Å². The molecule has 1 rings (SSSR count). The fourth-order valence-corrected chi connectivity index (χ4v) is 2.56. The van der Waals surface area contributed by atoms with Crippen LogP contribution in [0.3, 0.4) is 0 Å². The quantitative estimate of drug-likeness (QED) is 0.833. The fourth-order valence-electron chi connectivity index (χ4n) is 0.953. The first kappa shape index (κ1) is 12.8. The van der Waals surface area contributed by atoms with E-state index >= 15 is 0 Å². The lowest BCUT2D eigenvalue weighted by atomic mass is 10.4. The van der Waals surface area contributed by atoms with Gasteiger partial charge in [0.1, 0.15) is 0 Å². The molecule has 1 N–H and O–H groups in total. The molecule has 0 aliphatic rings. The molecule has 0 aromatic carbocycles. The zero-order valence-electron chi connectivity index (χ0n) is 9.78. The van der Waals surface area contributed by atoms with Crippen molar-refractivity contribution in [1.29, 1.82) is 0 Å². The molecule has 0 spiro atoms. The largest absolute Gasteiger partial charge is 0.358 e. The molecule has 0 aliphatic carbocycles. The monoisotopic (exact) mass is 245 g/mol. The van der Waals surface area contributed by atoms with Gasteiger partial charge < -0.3 is 5.32 Å². The Morgan fingerprint density at radius 1 is 1.40 bits per heavy atom. The minimum atomic E-state index is 0.424. The number of nitrogens with zero attached hydrogens (tertiary/aromatic N) is 2. The lowest BCUT2D eigenvalue weighted by Gasteiger charge is -2.05. The molecule has 15 heavy (non-hydrogen) atoms. The number of rotatable bonds is 6. The van der Waals surface area contributed by atoms with Gasteiger partial charge in [-0.05, 0) is 20.3 Å². The molecule has 5 heteroatoms. The van der Waals surface area contributed by atoms with Gasteiger partial charge in [-0.1, -0.05) is 13.8 Å². The van der Waals surface area contributed by atoms with Crippen LogP contribution in [-0.4, -0.2) is 20.6 Å². The van der Waals surface area contributed by atoms with Gasteiger partial charge in [-0.25, -0.2) is 4.98 Å². The van der Waals surface area contributed by atoms with E-state index in [1.165, 1.54) is 18.0 Å². The van der Waals surface area contributed by atoms with Crippen LogP contribution in [-0.2, 0) is 5.75 Å². The van der Waals surface area contributed by atoms with Gasteiger partial charge in [0.05, 0.1) is 5.75 Å². The van der Waals surface area contributed by atoms with E-state index in [-0.39, 0.29) is 0 Å². The maximum atomic E-state index is 4.43. The summed E-state index contributed by atoms with van der Waals surface area (Å²) < 4.78 is 4.32. The van der Waals surface area contributed by atoms with Crippen molar-refractivity contribution in [3.05, 3.63) is 5.82 Å². The third kappa shape index (κ3) is 4.84. The van der Waals surface area contributed by atoms with Crippen LogP contribution in [0.1, 0.15) is 39.9 Å². The molecule has 1 atom stereocenters. The minimum absolute atomic E-state index is 0.424. The highest BCUT2D eigenvalue weighted by atomic mass is 32.2. The molecule has 0 amide bonds. The second-order valence-corrected chi connectivity index (χ2v) is 6.02. The zero-order valence-corrected chi connectivity index (χ0v) is 11.4. The Balaban J connectivity index is 2.39. The van der Waals surface area contributed by atoms with Gasteiger partial charge in [0.2, 0.25) is 5.13 Å². The number of nitrogens with one attached hydrogen (secondary N) is 1. The average molecular weight is 245 g/mol. The third-order valence-corrected chi connectivity index (χ3v) is 3.96. The summed E-state index contributed by atoms with van der Waals surface area (Å²) >= 11 is 3.37. The van der Waals surface area contributed by atoms with Crippen molar-refractivity contribution in [3.63, 3.8) is 0 Å². The van der Waals surface area contributed by atoms with E-state index < -0.39 is 0 Å². The summed E-state index contributed by atoms with van der Waals surface area (Å²) in [6.07, 6.45) is 1.20. The van der Waals surface area contributed by atoms with Crippen molar-refractivity contribution < 1.29 is 0 Å². The first-order valence-corrected chi connectivity index (χ1v) is 7.14. The highest BCUT2D eigenvalue weighted by molar-refractivity contribution is 7.99. The second kappa shape index (κ2) is 6.33. The van der Waals surface area contributed by atoms with Gasteiger partial charge in [0, 0.05) is 22.8 Å². The molecule has 1 heterocycles. The van der Waals surface area contributed by atoms with Crippen LogP contribution in [0.4, 0.5) is 5.13 Å². The van der Waals surface area contributed by atoms with E-state index in [2.05, 4.69) is 42.4 Å². The summed E-state index contributed by atoms with van der Waals surface area (Å²) in [4.78, 5) is 4.43. The Labute approximate surface area is 100 Å². The van der Waals surface area contributed by atoms with Crippen LogP contribution in [0, 0.1) is 0 Å². The Hall–Kier alpha value is -0.290. The van der Waals surface area contributed by atoms with Crippen LogP contribution >= 0.6 is 23.3 Å². The predicted octanol–water partition coefficient (Wildman–Crippen LogP) is 3.39. The van der Waals surface area contributed by atoms with E-state index in [1.807, 2.05) is 11.8 Å². The molecule has 1 aromatic heterocycles. The molecule has 3 nitrogen and oxygen atoms in total. The van der Waals surface area contributed by atoms with E-state index in [0.717, 1.165) is 16.7 Å². The van der Waals surface area contributed by atoms with Gasteiger partial charge in [-0.3, -0.25) is 0 Å². The Morgan fingerprint density at radius 3 is 2.73 bits per heavy atom. The SMILES string of the molecule is CCC(C)SCc1nsc(NC(C)C)n1. The van der Waals surface area contributed by atoms with Gasteiger partial charge in [0.25, 0.3) is 0 Å². The van der Waals surface area contributed by atoms with Crippen molar-refractivity contribution >= 4 is 28.4 Å². The number of hydrogen-bond donors (Lipinski definition) is 1. The number of hydrogen-bond acceptors (Lipinski definition) is 5. The van der Waals surface area contributed by atoms with Crippen LogP contribution in [0.5, 0.6) is 0 Å². The molecule has 0 saturated heterocycles. The van der Waals surface area contributed by atoms with Crippen molar-refractivity contribution in [1.82, 2.24) is 9.36 Å². The van der Waals surface area contributed by atoms with Crippen molar-refractivity contribution in [2.75, 3.05) is 5.32 Å². The van der Waals surface area contributed by atoms with Crippen molar-refractivity contribution in [2.24, 2.45) is 0 Å². The topological polar surface area (TPSA) is 37.8 Å². The van der Waals surface area contributed by atoms with Gasteiger partial charge in [-0.2, -0.15) is 16.1 Å². The summed E-state index contributed by atoms with van der Waals surface area (Å²) in [5.74, 6) is 1.87.